The van der Waals surface area contributed by atoms with E-state index in [2.05, 4.69) is 78.9 Å². The number of benzene rings is 1. The summed E-state index contributed by atoms with van der Waals surface area (Å²) in [6, 6.07) is 8.73. The number of nitrogens with one attached hydrogen (secondary N) is 2. The van der Waals surface area contributed by atoms with Crippen LogP contribution in [-0.2, 0) is 13.1 Å². The first kappa shape index (κ1) is 23.5. The minimum atomic E-state index is 0. The molecule has 1 rings (SSSR count). The minimum absolute atomic E-state index is 0. The molecule has 24 heavy (non-hydrogen) atoms. The van der Waals surface area contributed by atoms with Crippen LogP contribution < -0.4 is 10.6 Å². The zero-order valence-corrected chi connectivity index (χ0v) is 19.0. The lowest BCUT2D eigenvalue weighted by molar-refractivity contribution is 0.345. The second kappa shape index (κ2) is 12.0. The molecule has 2 N–H and O–H groups in total. The largest absolute Gasteiger partial charge is 0.355 e. The van der Waals surface area contributed by atoms with Crippen molar-refractivity contribution in [2.75, 3.05) is 33.4 Å². The average Bonchev–Trinajstić information content (AvgIpc) is 2.55. The third-order valence-electron chi connectivity index (χ3n) is 3.90. The summed E-state index contributed by atoms with van der Waals surface area (Å²) in [5.74, 6) is 0.850. The predicted molar refractivity (Wildman–Crippen MR) is 120 cm³/mol. The molecular weight excluding hydrogens is 431 g/mol. The Morgan fingerprint density at radius 2 is 1.92 bits per heavy atom. The molecule has 0 spiro atoms. The molecule has 0 saturated heterocycles. The molecule has 0 aliphatic rings. The van der Waals surface area contributed by atoms with E-state index >= 15 is 0 Å². The predicted octanol–water partition coefficient (Wildman–Crippen LogP) is 3.56. The van der Waals surface area contributed by atoms with Crippen molar-refractivity contribution in [3.8, 4) is 0 Å². The number of hydrogen-bond donors (Lipinski definition) is 2. The van der Waals surface area contributed by atoms with E-state index < -0.39 is 0 Å². The van der Waals surface area contributed by atoms with Gasteiger partial charge in [0.25, 0.3) is 0 Å². The van der Waals surface area contributed by atoms with Gasteiger partial charge in [-0.15, -0.1) is 24.0 Å². The second-order valence-electron chi connectivity index (χ2n) is 6.39. The standard InChI is InChI=1S/C18H32N4S.HI/c1-7-22(5)13-16-10-8-9-15(11-16)12-20-17(19-4)21-14-18(2,3)23-6;/h8-11H,7,12-14H2,1-6H3,(H2,19,20,21);1H. The van der Waals surface area contributed by atoms with Crippen LogP contribution in [0.4, 0.5) is 0 Å². The monoisotopic (exact) mass is 464 g/mol. The summed E-state index contributed by atoms with van der Waals surface area (Å²) in [5.41, 5.74) is 2.62. The van der Waals surface area contributed by atoms with E-state index in [1.165, 1.54) is 11.1 Å². The van der Waals surface area contributed by atoms with Crippen LogP contribution in [0.5, 0.6) is 0 Å². The van der Waals surface area contributed by atoms with Crippen LogP contribution in [0.25, 0.3) is 0 Å². The molecule has 6 heteroatoms. The number of nitrogens with zero attached hydrogens (tertiary/aromatic N) is 2. The Bertz CT molecular complexity index is 506. The van der Waals surface area contributed by atoms with Crippen molar-refractivity contribution in [1.29, 1.82) is 0 Å². The number of hydrogen-bond acceptors (Lipinski definition) is 3. The Balaban J connectivity index is 0.00000529. The zero-order chi connectivity index (χ0) is 17.3. The number of halogens is 1. The van der Waals surface area contributed by atoms with Gasteiger partial charge >= 0.3 is 0 Å². The molecule has 0 atom stereocenters. The molecule has 0 amide bonds. The molecule has 138 valence electrons. The first-order valence-electron chi connectivity index (χ1n) is 8.16. The van der Waals surface area contributed by atoms with Crippen LogP contribution in [0.15, 0.2) is 29.3 Å². The van der Waals surface area contributed by atoms with Crippen LogP contribution in [-0.4, -0.2) is 49.0 Å². The molecule has 0 aromatic heterocycles. The maximum absolute atomic E-state index is 4.30. The minimum Gasteiger partial charge on any atom is -0.355 e. The van der Waals surface area contributed by atoms with E-state index in [0.29, 0.717) is 0 Å². The van der Waals surface area contributed by atoms with Gasteiger partial charge in [-0.2, -0.15) is 11.8 Å². The summed E-state index contributed by atoms with van der Waals surface area (Å²) >= 11 is 1.85. The fraction of sp³-hybridized carbons (Fsp3) is 0.611. The van der Waals surface area contributed by atoms with E-state index in [1.54, 1.807) is 0 Å². The summed E-state index contributed by atoms with van der Waals surface area (Å²) in [6.07, 6.45) is 2.14. The normalized spacial score (nSPS) is 12.0. The molecule has 1 aromatic carbocycles. The van der Waals surface area contributed by atoms with E-state index in [1.807, 2.05) is 18.8 Å². The topological polar surface area (TPSA) is 39.7 Å². The Kier molecular flexibility index (Phi) is 11.7. The van der Waals surface area contributed by atoms with Crippen molar-refractivity contribution in [2.45, 2.75) is 38.6 Å². The first-order valence-corrected chi connectivity index (χ1v) is 9.38. The molecule has 0 heterocycles. The van der Waals surface area contributed by atoms with Crippen LogP contribution in [0.2, 0.25) is 0 Å². The van der Waals surface area contributed by atoms with Gasteiger partial charge < -0.3 is 15.5 Å². The van der Waals surface area contributed by atoms with E-state index in [0.717, 1.165) is 32.1 Å². The van der Waals surface area contributed by atoms with Gasteiger partial charge in [0, 0.05) is 31.4 Å². The summed E-state index contributed by atoms with van der Waals surface area (Å²) in [6.45, 7) is 10.3. The lowest BCUT2D eigenvalue weighted by atomic mass is 10.1. The van der Waals surface area contributed by atoms with Crippen molar-refractivity contribution in [3.05, 3.63) is 35.4 Å². The molecule has 1 aromatic rings. The van der Waals surface area contributed by atoms with E-state index in [9.17, 15) is 0 Å². The van der Waals surface area contributed by atoms with Crippen molar-refractivity contribution >= 4 is 41.7 Å². The van der Waals surface area contributed by atoms with Crippen LogP contribution >= 0.6 is 35.7 Å². The van der Waals surface area contributed by atoms with Gasteiger partial charge in [-0.1, -0.05) is 31.2 Å². The zero-order valence-electron chi connectivity index (χ0n) is 15.8. The van der Waals surface area contributed by atoms with Crippen LogP contribution in [0.1, 0.15) is 31.9 Å². The highest BCUT2D eigenvalue weighted by molar-refractivity contribution is 14.0. The van der Waals surface area contributed by atoms with Crippen LogP contribution in [0, 0.1) is 0 Å². The van der Waals surface area contributed by atoms with Gasteiger partial charge in [-0.05, 0) is 44.8 Å². The average molecular weight is 464 g/mol. The Labute approximate surface area is 169 Å². The van der Waals surface area contributed by atoms with Gasteiger partial charge in [0.2, 0.25) is 0 Å². The molecular formula is C18H33IN4S. The summed E-state index contributed by atoms with van der Waals surface area (Å²) in [7, 11) is 3.96. The van der Waals surface area contributed by atoms with Crippen LogP contribution in [0.3, 0.4) is 0 Å². The van der Waals surface area contributed by atoms with Gasteiger partial charge in [0.05, 0.1) is 0 Å². The maximum atomic E-state index is 4.30. The molecule has 0 bridgehead atoms. The Hall–Kier alpha value is -0.470. The quantitative estimate of drug-likeness (QED) is 0.351. The van der Waals surface area contributed by atoms with Crippen molar-refractivity contribution < 1.29 is 0 Å². The molecule has 0 radical (unpaired) electrons. The molecule has 4 nitrogen and oxygen atoms in total. The maximum Gasteiger partial charge on any atom is 0.191 e. The SMILES string of the molecule is CCN(C)Cc1cccc(CNC(=NC)NCC(C)(C)SC)c1.I. The summed E-state index contributed by atoms with van der Waals surface area (Å²) in [4.78, 5) is 6.60. The van der Waals surface area contributed by atoms with Crippen molar-refractivity contribution in [3.63, 3.8) is 0 Å². The molecule has 0 aliphatic carbocycles. The third-order valence-corrected chi connectivity index (χ3v) is 5.15. The number of guanidine groups is 1. The number of thioether (sulfide) groups is 1. The third kappa shape index (κ3) is 9.13. The lowest BCUT2D eigenvalue weighted by Crippen LogP contribution is -2.43. The van der Waals surface area contributed by atoms with E-state index in [-0.39, 0.29) is 28.7 Å². The lowest BCUT2D eigenvalue weighted by Gasteiger charge is -2.23. The number of aliphatic imine (C=N–C) groups is 1. The van der Waals surface area contributed by atoms with Crippen molar-refractivity contribution in [2.24, 2.45) is 4.99 Å². The van der Waals surface area contributed by atoms with Gasteiger partial charge in [-0.3, -0.25) is 4.99 Å². The second-order valence-corrected chi connectivity index (χ2v) is 7.91. The molecule has 0 aliphatic heterocycles. The van der Waals surface area contributed by atoms with E-state index in [4.69, 9.17) is 0 Å². The first-order chi connectivity index (χ1) is 10.9. The number of rotatable bonds is 8. The summed E-state index contributed by atoms with van der Waals surface area (Å²) < 4.78 is 0.197. The van der Waals surface area contributed by atoms with Crippen molar-refractivity contribution in [1.82, 2.24) is 15.5 Å². The Morgan fingerprint density at radius 1 is 1.25 bits per heavy atom. The Morgan fingerprint density at radius 3 is 2.50 bits per heavy atom. The molecule has 0 fully saturated rings. The smallest absolute Gasteiger partial charge is 0.191 e. The molecule has 0 unspecified atom stereocenters. The van der Waals surface area contributed by atoms with Gasteiger partial charge in [0.1, 0.15) is 0 Å². The summed E-state index contributed by atoms with van der Waals surface area (Å²) in [5, 5.41) is 6.79. The van der Waals surface area contributed by atoms with Gasteiger partial charge in [0.15, 0.2) is 5.96 Å². The fourth-order valence-corrected chi connectivity index (χ4v) is 2.25. The van der Waals surface area contributed by atoms with Gasteiger partial charge in [-0.25, -0.2) is 0 Å². The fourth-order valence-electron chi connectivity index (χ4n) is 2.04. The highest BCUT2D eigenvalue weighted by atomic mass is 127. The highest BCUT2D eigenvalue weighted by Crippen LogP contribution is 2.19. The molecule has 0 saturated carbocycles. The highest BCUT2D eigenvalue weighted by Gasteiger charge is 2.16.